The molecule has 38 heavy (non-hydrogen) atoms. The maximum Gasteiger partial charge on any atom is 0.300 e. The van der Waals surface area contributed by atoms with Gasteiger partial charge in [-0.2, -0.15) is 0 Å². The van der Waals surface area contributed by atoms with Crippen LogP contribution in [0.15, 0.2) is 60.2 Å². The van der Waals surface area contributed by atoms with Gasteiger partial charge in [0.05, 0.1) is 34.5 Å². The molecule has 3 aromatic rings. The average molecular weight is 561 g/mol. The lowest BCUT2D eigenvalue weighted by molar-refractivity contribution is -0.132. The smallest absolute Gasteiger partial charge is 0.300 e. The van der Waals surface area contributed by atoms with Crippen molar-refractivity contribution in [2.75, 3.05) is 30.0 Å². The highest BCUT2D eigenvalue weighted by molar-refractivity contribution is 6.51. The number of hydrogen-bond acceptors (Lipinski definition) is 5. The summed E-state index contributed by atoms with van der Waals surface area (Å²) in [6, 6.07) is 11.0. The molecule has 1 amide bonds. The van der Waals surface area contributed by atoms with E-state index in [9.17, 15) is 23.5 Å². The normalized spacial score (nSPS) is 16.7. The number of carbonyl (C=O) groups excluding carboxylic acids is 2. The Morgan fingerprint density at radius 2 is 1.61 bits per heavy atom. The van der Waals surface area contributed by atoms with E-state index in [0.717, 1.165) is 41.9 Å². The molecule has 1 atom stereocenters. The Kier molecular flexibility index (Phi) is 7.94. The Bertz CT molecular complexity index is 1420. The predicted octanol–water partition coefficient (Wildman–Crippen LogP) is 6.75. The Morgan fingerprint density at radius 3 is 2.16 bits per heavy atom. The first kappa shape index (κ1) is 27.4. The van der Waals surface area contributed by atoms with Crippen LogP contribution < -0.4 is 14.5 Å². The number of ether oxygens (including phenoxy) is 1. The number of hydrogen-bond donors (Lipinski definition) is 1. The van der Waals surface area contributed by atoms with Crippen molar-refractivity contribution in [3.8, 4) is 5.75 Å². The number of anilines is 2. The number of carbonyl (C=O) groups is 2. The van der Waals surface area contributed by atoms with Gasteiger partial charge in [0.1, 0.15) is 17.4 Å². The number of amides is 1. The van der Waals surface area contributed by atoms with Crippen molar-refractivity contribution in [2.24, 2.45) is 0 Å². The summed E-state index contributed by atoms with van der Waals surface area (Å²) in [5, 5.41) is 11.4. The Labute approximate surface area is 228 Å². The summed E-state index contributed by atoms with van der Waals surface area (Å²) in [6.07, 6.45) is 0. The number of nitrogens with zero attached hydrogens (tertiary/aromatic N) is 2. The number of aliphatic hydroxyl groups is 1. The number of methoxy groups -OCH3 is 1. The molecule has 1 saturated heterocycles. The number of benzene rings is 3. The summed E-state index contributed by atoms with van der Waals surface area (Å²) < 4.78 is 34.2. The molecule has 1 N–H and O–H groups in total. The summed E-state index contributed by atoms with van der Waals surface area (Å²) in [4.78, 5) is 29.5. The zero-order valence-corrected chi connectivity index (χ0v) is 22.3. The van der Waals surface area contributed by atoms with E-state index < -0.39 is 40.8 Å². The second-order valence-electron chi connectivity index (χ2n) is 8.50. The lowest BCUT2D eigenvalue weighted by Crippen LogP contribution is -2.30. The van der Waals surface area contributed by atoms with Gasteiger partial charge in [-0.3, -0.25) is 14.5 Å². The van der Waals surface area contributed by atoms with Crippen molar-refractivity contribution < 1.29 is 28.2 Å². The summed E-state index contributed by atoms with van der Waals surface area (Å²) in [5.74, 6) is -4.32. The Balaban J connectivity index is 1.96. The number of halogens is 4. The topological polar surface area (TPSA) is 70.1 Å². The zero-order valence-electron chi connectivity index (χ0n) is 20.8. The van der Waals surface area contributed by atoms with Crippen molar-refractivity contribution in [3.63, 3.8) is 0 Å². The molecule has 0 aromatic heterocycles. The number of Topliss-reactive ketones (excluding diaryl/α,β-unsaturated/α-hetero) is 1. The van der Waals surface area contributed by atoms with Crippen LogP contribution in [0.4, 0.5) is 20.2 Å². The molecular formula is C28H24Cl2F2N2O4. The van der Waals surface area contributed by atoms with E-state index in [1.54, 1.807) is 24.3 Å². The molecule has 0 aliphatic carbocycles. The van der Waals surface area contributed by atoms with E-state index in [4.69, 9.17) is 27.9 Å². The highest BCUT2D eigenvalue weighted by Crippen LogP contribution is 2.44. The minimum Gasteiger partial charge on any atom is -0.507 e. The Hall–Kier alpha value is -3.62. The van der Waals surface area contributed by atoms with Crippen LogP contribution in [0.1, 0.15) is 31.0 Å². The number of rotatable bonds is 7. The monoisotopic (exact) mass is 560 g/mol. The molecule has 6 nitrogen and oxygen atoms in total. The first-order valence-electron chi connectivity index (χ1n) is 11.8. The zero-order chi connectivity index (χ0) is 27.7. The molecule has 1 aliphatic heterocycles. The maximum absolute atomic E-state index is 14.9. The van der Waals surface area contributed by atoms with Gasteiger partial charge in [0.15, 0.2) is 5.75 Å². The van der Waals surface area contributed by atoms with Crippen LogP contribution in [-0.4, -0.2) is 37.0 Å². The molecule has 1 aliphatic rings. The maximum atomic E-state index is 14.9. The fourth-order valence-electron chi connectivity index (χ4n) is 4.57. The molecule has 0 saturated carbocycles. The van der Waals surface area contributed by atoms with Gasteiger partial charge >= 0.3 is 0 Å². The fourth-order valence-corrected chi connectivity index (χ4v) is 5.21. The molecule has 0 radical (unpaired) electrons. The van der Waals surface area contributed by atoms with E-state index in [2.05, 4.69) is 4.90 Å². The molecule has 10 heteroatoms. The van der Waals surface area contributed by atoms with Crippen molar-refractivity contribution in [1.82, 2.24) is 0 Å². The highest BCUT2D eigenvalue weighted by Gasteiger charge is 2.48. The molecule has 0 bridgehead atoms. The first-order valence-corrected chi connectivity index (χ1v) is 12.5. The Morgan fingerprint density at radius 1 is 1.00 bits per heavy atom. The van der Waals surface area contributed by atoms with Crippen molar-refractivity contribution in [2.45, 2.75) is 19.9 Å². The average Bonchev–Trinajstić information content (AvgIpc) is 3.16. The van der Waals surface area contributed by atoms with Crippen LogP contribution in [-0.2, 0) is 9.59 Å². The van der Waals surface area contributed by atoms with E-state index in [-0.39, 0.29) is 26.9 Å². The molecule has 198 valence electrons. The largest absolute Gasteiger partial charge is 0.507 e. The quantitative estimate of drug-likeness (QED) is 0.196. The molecule has 1 unspecified atom stereocenters. The summed E-state index contributed by atoms with van der Waals surface area (Å²) in [5.41, 5.74) is 0.571. The van der Waals surface area contributed by atoms with Crippen LogP contribution in [0.3, 0.4) is 0 Å². The molecule has 3 aromatic carbocycles. The van der Waals surface area contributed by atoms with Gasteiger partial charge in [-0.15, -0.1) is 0 Å². The van der Waals surface area contributed by atoms with E-state index >= 15 is 0 Å². The van der Waals surface area contributed by atoms with Gasteiger partial charge in [-0.05, 0) is 55.8 Å². The fraction of sp³-hybridized carbons (Fsp3) is 0.214. The van der Waals surface area contributed by atoms with Gasteiger partial charge in [-0.25, -0.2) is 8.78 Å². The van der Waals surface area contributed by atoms with Crippen LogP contribution in [0, 0.1) is 11.6 Å². The number of ketones is 1. The lowest BCUT2D eigenvalue weighted by Gasteiger charge is -2.27. The summed E-state index contributed by atoms with van der Waals surface area (Å²) in [7, 11) is 1.37. The summed E-state index contributed by atoms with van der Waals surface area (Å²) in [6.45, 7) is 5.51. The van der Waals surface area contributed by atoms with Gasteiger partial charge < -0.3 is 14.7 Å². The van der Waals surface area contributed by atoms with E-state index in [1.165, 1.54) is 19.2 Å². The standard InChI is InChI=1S/C28H24Cl2F2N2O4/c1-4-33(5-2)18-9-6-15(7-10-18)24-23(25(35)16-12-19(29)27(38-3)20(30)13-16)26(36)28(37)34(24)22-14-17(31)8-11-21(22)32/h6-14,24,35H,4-5H2,1-3H3/b25-23+. The van der Waals surface area contributed by atoms with Crippen molar-refractivity contribution >= 4 is 52.0 Å². The van der Waals surface area contributed by atoms with Gasteiger partial charge in [0, 0.05) is 30.4 Å². The molecule has 0 spiro atoms. The third-order valence-corrected chi connectivity index (χ3v) is 6.99. The van der Waals surface area contributed by atoms with E-state index in [0.29, 0.717) is 5.56 Å². The minimum atomic E-state index is -1.27. The second kappa shape index (κ2) is 11.0. The lowest BCUT2D eigenvalue weighted by atomic mass is 9.94. The molecule has 1 fully saturated rings. The highest BCUT2D eigenvalue weighted by atomic mass is 35.5. The summed E-state index contributed by atoms with van der Waals surface area (Å²) >= 11 is 12.5. The second-order valence-corrected chi connectivity index (χ2v) is 9.32. The third kappa shape index (κ3) is 4.81. The molecule has 1 heterocycles. The van der Waals surface area contributed by atoms with Gasteiger partial charge in [0.25, 0.3) is 11.7 Å². The van der Waals surface area contributed by atoms with Crippen LogP contribution in [0.2, 0.25) is 10.0 Å². The van der Waals surface area contributed by atoms with Crippen molar-refractivity contribution in [3.05, 3.63) is 93.0 Å². The SMILES string of the molecule is CCN(CC)c1ccc(C2/C(=C(\O)c3cc(Cl)c(OC)c(Cl)c3)C(=O)C(=O)N2c2cc(F)ccc2F)cc1. The molecule has 4 rings (SSSR count). The first-order chi connectivity index (χ1) is 18.1. The number of aliphatic hydroxyl groups excluding tert-OH is 1. The predicted molar refractivity (Wildman–Crippen MR) is 144 cm³/mol. The minimum absolute atomic E-state index is 0.0447. The van der Waals surface area contributed by atoms with Crippen LogP contribution in [0.25, 0.3) is 5.76 Å². The molecular weight excluding hydrogens is 537 g/mol. The third-order valence-electron chi connectivity index (χ3n) is 6.43. The van der Waals surface area contributed by atoms with E-state index in [1.807, 2.05) is 13.8 Å². The van der Waals surface area contributed by atoms with Crippen molar-refractivity contribution in [1.29, 1.82) is 0 Å². The van der Waals surface area contributed by atoms with Crippen LogP contribution >= 0.6 is 23.2 Å². The van der Waals surface area contributed by atoms with Gasteiger partial charge in [-0.1, -0.05) is 35.3 Å². The van der Waals surface area contributed by atoms with Gasteiger partial charge in [0.2, 0.25) is 0 Å². The van der Waals surface area contributed by atoms with Crippen LogP contribution in [0.5, 0.6) is 5.75 Å².